The molecule has 8 heteroatoms. The fourth-order valence-electron chi connectivity index (χ4n) is 4.86. The molecular formula is C26H30N2O6. The van der Waals surface area contributed by atoms with Crippen LogP contribution < -0.4 is 5.32 Å². The Labute approximate surface area is 198 Å². The summed E-state index contributed by atoms with van der Waals surface area (Å²) in [5.74, 6) is -1.85. The molecule has 0 bridgehead atoms. The third-order valence-corrected chi connectivity index (χ3v) is 6.57. The van der Waals surface area contributed by atoms with Gasteiger partial charge in [-0.3, -0.25) is 4.79 Å². The van der Waals surface area contributed by atoms with E-state index in [9.17, 15) is 24.6 Å². The van der Waals surface area contributed by atoms with Crippen LogP contribution in [0.5, 0.6) is 0 Å². The summed E-state index contributed by atoms with van der Waals surface area (Å²) in [6.07, 6.45) is -1.70. The summed E-state index contributed by atoms with van der Waals surface area (Å²) in [4.78, 5) is 38.8. The molecule has 1 fully saturated rings. The van der Waals surface area contributed by atoms with Crippen LogP contribution in [-0.2, 0) is 14.3 Å². The van der Waals surface area contributed by atoms with E-state index >= 15 is 0 Å². The summed E-state index contributed by atoms with van der Waals surface area (Å²) in [7, 11) is 0. The molecular weight excluding hydrogens is 436 g/mol. The molecule has 1 saturated heterocycles. The number of carbonyl (C=O) groups is 3. The first-order valence-electron chi connectivity index (χ1n) is 11.4. The molecule has 3 atom stereocenters. The van der Waals surface area contributed by atoms with Gasteiger partial charge >= 0.3 is 12.1 Å². The highest BCUT2D eigenvalue weighted by atomic mass is 16.5. The fourth-order valence-corrected chi connectivity index (χ4v) is 4.86. The number of ether oxygens (including phenoxy) is 1. The average molecular weight is 467 g/mol. The molecule has 0 spiro atoms. The van der Waals surface area contributed by atoms with Crippen molar-refractivity contribution >= 4 is 18.0 Å². The van der Waals surface area contributed by atoms with Crippen molar-refractivity contribution in [3.05, 3.63) is 59.7 Å². The van der Waals surface area contributed by atoms with Crippen molar-refractivity contribution in [1.29, 1.82) is 0 Å². The first kappa shape index (κ1) is 23.8. The quantitative estimate of drug-likeness (QED) is 0.624. The molecule has 0 unspecified atom stereocenters. The lowest BCUT2D eigenvalue weighted by Crippen LogP contribution is -2.57. The van der Waals surface area contributed by atoms with Crippen LogP contribution in [0.2, 0.25) is 0 Å². The van der Waals surface area contributed by atoms with Gasteiger partial charge in [0.05, 0.1) is 6.10 Å². The Morgan fingerprint density at radius 1 is 1.06 bits per heavy atom. The van der Waals surface area contributed by atoms with Crippen LogP contribution in [0.1, 0.15) is 44.2 Å². The number of fused-ring (bicyclic) bond motifs is 3. The predicted molar refractivity (Wildman–Crippen MR) is 125 cm³/mol. The van der Waals surface area contributed by atoms with Crippen molar-refractivity contribution in [2.75, 3.05) is 13.2 Å². The molecule has 1 aliphatic carbocycles. The van der Waals surface area contributed by atoms with Crippen LogP contribution in [0, 0.1) is 5.41 Å². The maximum Gasteiger partial charge on any atom is 0.407 e. The molecule has 2 aromatic rings. The lowest BCUT2D eigenvalue weighted by atomic mass is 9.85. The van der Waals surface area contributed by atoms with Gasteiger partial charge in [0.25, 0.3) is 0 Å². The van der Waals surface area contributed by atoms with Crippen LogP contribution in [0.25, 0.3) is 11.1 Å². The molecule has 0 saturated carbocycles. The number of alkyl carbamates (subject to hydrolysis) is 1. The zero-order valence-electron chi connectivity index (χ0n) is 19.5. The van der Waals surface area contributed by atoms with Crippen LogP contribution in [-0.4, -0.2) is 64.4 Å². The SMILES string of the molecule is CC(C)(C)[C@@H](NC(=O)OCC1c2ccccc2-c2ccccc21)C(=O)N1C[C@H](O)C[C@H]1C(=O)O. The number of carboxylic acids is 1. The van der Waals surface area contributed by atoms with E-state index in [0.717, 1.165) is 27.2 Å². The number of aliphatic hydroxyl groups is 1. The number of nitrogens with one attached hydrogen (secondary N) is 1. The molecule has 0 radical (unpaired) electrons. The molecule has 34 heavy (non-hydrogen) atoms. The molecule has 2 aliphatic rings. The highest BCUT2D eigenvalue weighted by molar-refractivity contribution is 5.90. The Balaban J connectivity index is 1.48. The van der Waals surface area contributed by atoms with Crippen molar-refractivity contribution in [1.82, 2.24) is 10.2 Å². The number of amides is 2. The summed E-state index contributed by atoms with van der Waals surface area (Å²) < 4.78 is 5.59. The number of benzene rings is 2. The van der Waals surface area contributed by atoms with Gasteiger partial charge < -0.3 is 25.2 Å². The maximum atomic E-state index is 13.3. The van der Waals surface area contributed by atoms with Gasteiger partial charge in [0.15, 0.2) is 0 Å². The Morgan fingerprint density at radius 2 is 1.62 bits per heavy atom. The third kappa shape index (κ3) is 4.50. The van der Waals surface area contributed by atoms with Gasteiger partial charge in [0.1, 0.15) is 18.7 Å². The van der Waals surface area contributed by atoms with Crippen molar-refractivity contribution < 1.29 is 29.3 Å². The lowest BCUT2D eigenvalue weighted by Gasteiger charge is -2.34. The highest BCUT2D eigenvalue weighted by Gasteiger charge is 2.44. The summed E-state index contributed by atoms with van der Waals surface area (Å²) in [5, 5.41) is 22.0. The summed E-state index contributed by atoms with van der Waals surface area (Å²) in [5.41, 5.74) is 3.68. The Bertz CT molecular complexity index is 1060. The van der Waals surface area contributed by atoms with E-state index < -0.39 is 41.6 Å². The molecule has 3 N–H and O–H groups in total. The number of β-amino-alcohol motifs (C(OH)–C–C–N with tert-alkyl or cyclic N) is 1. The second-order valence-corrected chi connectivity index (χ2v) is 10.0. The fraction of sp³-hybridized carbons (Fsp3) is 0.423. The van der Waals surface area contributed by atoms with E-state index in [1.807, 2.05) is 48.5 Å². The van der Waals surface area contributed by atoms with Crippen LogP contribution >= 0.6 is 0 Å². The first-order chi connectivity index (χ1) is 16.1. The molecule has 180 valence electrons. The van der Waals surface area contributed by atoms with Gasteiger partial charge in [0, 0.05) is 18.9 Å². The summed E-state index contributed by atoms with van der Waals surface area (Å²) in [6, 6.07) is 13.9. The van der Waals surface area contributed by atoms with Gasteiger partial charge in [-0.2, -0.15) is 0 Å². The van der Waals surface area contributed by atoms with E-state index in [4.69, 9.17) is 4.74 Å². The Morgan fingerprint density at radius 3 is 2.15 bits per heavy atom. The zero-order valence-corrected chi connectivity index (χ0v) is 19.5. The molecule has 4 rings (SSSR count). The van der Waals surface area contributed by atoms with E-state index in [1.165, 1.54) is 0 Å². The van der Waals surface area contributed by atoms with Gasteiger partial charge in [0.2, 0.25) is 5.91 Å². The lowest BCUT2D eigenvalue weighted by molar-refractivity contribution is -0.150. The van der Waals surface area contributed by atoms with Crippen molar-refractivity contribution in [3.63, 3.8) is 0 Å². The second-order valence-electron chi connectivity index (χ2n) is 10.0. The summed E-state index contributed by atoms with van der Waals surface area (Å²) in [6.45, 7) is 5.35. The Kier molecular flexibility index (Phi) is 6.36. The van der Waals surface area contributed by atoms with Gasteiger partial charge in [-0.25, -0.2) is 9.59 Å². The number of aliphatic hydroxyl groups excluding tert-OH is 1. The van der Waals surface area contributed by atoms with Gasteiger partial charge in [-0.1, -0.05) is 69.3 Å². The maximum absolute atomic E-state index is 13.3. The number of likely N-dealkylation sites (tertiary alicyclic amines) is 1. The average Bonchev–Trinajstić information content (AvgIpc) is 3.33. The molecule has 1 heterocycles. The van der Waals surface area contributed by atoms with Crippen LogP contribution in [0.15, 0.2) is 48.5 Å². The summed E-state index contributed by atoms with van der Waals surface area (Å²) >= 11 is 0. The van der Waals surface area contributed by atoms with E-state index in [2.05, 4.69) is 5.32 Å². The highest BCUT2D eigenvalue weighted by Crippen LogP contribution is 2.44. The molecule has 2 amide bonds. The molecule has 1 aliphatic heterocycles. The first-order valence-corrected chi connectivity index (χ1v) is 11.4. The largest absolute Gasteiger partial charge is 0.480 e. The zero-order chi connectivity index (χ0) is 24.6. The minimum Gasteiger partial charge on any atom is -0.480 e. The van der Waals surface area contributed by atoms with Crippen LogP contribution in [0.3, 0.4) is 0 Å². The minimum atomic E-state index is -1.18. The van der Waals surface area contributed by atoms with E-state index in [0.29, 0.717) is 0 Å². The minimum absolute atomic E-state index is 0.0388. The van der Waals surface area contributed by atoms with E-state index in [1.54, 1.807) is 20.8 Å². The number of hydrogen-bond acceptors (Lipinski definition) is 5. The van der Waals surface area contributed by atoms with Gasteiger partial charge in [-0.05, 0) is 27.7 Å². The Hall–Kier alpha value is -3.39. The number of nitrogens with zero attached hydrogens (tertiary/aromatic N) is 1. The standard InChI is InChI=1S/C26H30N2O6/c1-26(2,3)22(23(30)28-13-15(29)12-21(28)24(31)32)27-25(33)34-14-20-18-10-6-4-8-16(18)17-9-5-7-11-19(17)20/h4-11,15,20-22,29H,12-14H2,1-3H3,(H,27,33)(H,31,32)/t15-,21+,22+/m1/s1. The third-order valence-electron chi connectivity index (χ3n) is 6.57. The number of carbonyl (C=O) groups excluding carboxylic acids is 2. The van der Waals surface area contributed by atoms with Gasteiger partial charge in [-0.15, -0.1) is 0 Å². The van der Waals surface area contributed by atoms with Crippen molar-refractivity contribution in [3.8, 4) is 11.1 Å². The topological polar surface area (TPSA) is 116 Å². The van der Waals surface area contributed by atoms with E-state index in [-0.39, 0.29) is 25.5 Å². The van der Waals surface area contributed by atoms with Crippen molar-refractivity contribution in [2.24, 2.45) is 5.41 Å². The van der Waals surface area contributed by atoms with Crippen LogP contribution in [0.4, 0.5) is 4.79 Å². The van der Waals surface area contributed by atoms with Crippen molar-refractivity contribution in [2.45, 2.75) is 51.3 Å². The number of hydrogen-bond donors (Lipinski definition) is 3. The molecule has 8 nitrogen and oxygen atoms in total. The number of rotatable bonds is 5. The predicted octanol–water partition coefficient (Wildman–Crippen LogP) is 2.99. The monoisotopic (exact) mass is 466 g/mol. The normalized spacial score (nSPS) is 20.4. The number of aliphatic carboxylic acids is 1. The number of carboxylic acid groups (broad SMARTS) is 1. The second kappa shape index (κ2) is 9.10. The smallest absolute Gasteiger partial charge is 0.407 e. The molecule has 2 aromatic carbocycles. The molecule has 0 aromatic heterocycles.